The third-order valence-corrected chi connectivity index (χ3v) is 0.857. The van der Waals surface area contributed by atoms with E-state index in [-0.39, 0.29) is 11.9 Å². The largest absolute Gasteiger partial charge is 0.369 e. The van der Waals surface area contributed by atoms with Gasteiger partial charge in [-0.2, -0.15) is 4.99 Å². The fraction of sp³-hybridized carbons (Fsp3) is 0.600. The zero-order chi connectivity index (χ0) is 7.98. The maximum Gasteiger partial charge on any atom is 0.248 e. The van der Waals surface area contributed by atoms with E-state index in [0.717, 1.165) is 6.42 Å². The van der Waals surface area contributed by atoms with Crippen LogP contribution < -0.4 is 17.0 Å². The van der Waals surface area contributed by atoms with Crippen molar-refractivity contribution in [1.29, 1.82) is 0 Å². The van der Waals surface area contributed by atoms with Gasteiger partial charge in [-0.3, -0.25) is 10.2 Å². The maximum atomic E-state index is 10.6. The number of carbonyl (C=O) groups excluding carboxylic acids is 1. The smallest absolute Gasteiger partial charge is 0.248 e. The average Bonchev–Trinajstić information content (AvgIpc) is 1.88. The number of hydrazine groups is 1. The van der Waals surface area contributed by atoms with Crippen molar-refractivity contribution in [2.75, 3.05) is 0 Å². The minimum Gasteiger partial charge on any atom is -0.369 e. The number of nitrogens with one attached hydrogen (secondary N) is 1. The molecule has 1 amide bonds. The summed E-state index contributed by atoms with van der Waals surface area (Å²) in [5.74, 6) is 4.56. The molecule has 0 saturated carbocycles. The van der Waals surface area contributed by atoms with Crippen LogP contribution in [0.1, 0.15) is 19.8 Å². The van der Waals surface area contributed by atoms with Crippen LogP contribution in [-0.2, 0) is 4.79 Å². The van der Waals surface area contributed by atoms with Gasteiger partial charge in [-0.25, -0.2) is 5.84 Å². The van der Waals surface area contributed by atoms with Gasteiger partial charge < -0.3 is 5.73 Å². The van der Waals surface area contributed by atoms with E-state index in [2.05, 4.69) is 10.4 Å². The van der Waals surface area contributed by atoms with Gasteiger partial charge in [0.05, 0.1) is 0 Å². The lowest BCUT2D eigenvalue weighted by Gasteiger charge is -1.95. The fourth-order valence-corrected chi connectivity index (χ4v) is 0.436. The Hall–Kier alpha value is -1.10. The molecular weight excluding hydrogens is 132 g/mol. The van der Waals surface area contributed by atoms with Gasteiger partial charge in [0.15, 0.2) is 0 Å². The van der Waals surface area contributed by atoms with E-state index < -0.39 is 0 Å². The molecule has 10 heavy (non-hydrogen) atoms. The van der Waals surface area contributed by atoms with Gasteiger partial charge in [-0.15, -0.1) is 0 Å². The second-order valence-corrected chi connectivity index (χ2v) is 1.79. The maximum absolute atomic E-state index is 10.6. The van der Waals surface area contributed by atoms with Crippen LogP contribution in [0.4, 0.5) is 0 Å². The molecule has 5 nitrogen and oxygen atoms in total. The van der Waals surface area contributed by atoms with Gasteiger partial charge in [-0.05, 0) is 6.42 Å². The lowest BCUT2D eigenvalue weighted by atomic mass is 10.3. The summed E-state index contributed by atoms with van der Waals surface area (Å²) in [5.41, 5.74) is 7.16. The van der Waals surface area contributed by atoms with Crippen LogP contribution in [0.3, 0.4) is 0 Å². The Kier molecular flexibility index (Phi) is 4.23. The molecule has 0 unspecified atom stereocenters. The first-order chi connectivity index (χ1) is 4.70. The Morgan fingerprint density at radius 3 is 2.70 bits per heavy atom. The summed E-state index contributed by atoms with van der Waals surface area (Å²) in [6.07, 6.45) is 1.17. The van der Waals surface area contributed by atoms with Gasteiger partial charge in [0.2, 0.25) is 11.9 Å². The number of rotatable bonds is 2. The lowest BCUT2D eigenvalue weighted by Crippen LogP contribution is -2.37. The van der Waals surface area contributed by atoms with Gasteiger partial charge in [0.25, 0.3) is 0 Å². The minimum absolute atomic E-state index is 0.0431. The van der Waals surface area contributed by atoms with Crippen molar-refractivity contribution in [1.82, 2.24) is 5.43 Å². The molecule has 5 N–H and O–H groups in total. The zero-order valence-electron chi connectivity index (χ0n) is 5.92. The molecule has 0 atom stereocenters. The van der Waals surface area contributed by atoms with Crippen LogP contribution in [0.2, 0.25) is 0 Å². The van der Waals surface area contributed by atoms with Crippen LogP contribution in [0.15, 0.2) is 4.99 Å². The summed E-state index contributed by atoms with van der Waals surface area (Å²) in [4.78, 5) is 14.1. The number of hydrogen-bond donors (Lipinski definition) is 3. The highest BCUT2D eigenvalue weighted by atomic mass is 16.1. The molecule has 0 aliphatic heterocycles. The van der Waals surface area contributed by atoms with Gasteiger partial charge in [-0.1, -0.05) is 6.92 Å². The SMILES string of the molecule is CCCC(=O)N=C(N)NN. The first-order valence-electron chi connectivity index (χ1n) is 3.04. The van der Waals surface area contributed by atoms with E-state index in [0.29, 0.717) is 6.42 Å². The molecule has 0 radical (unpaired) electrons. The average molecular weight is 144 g/mol. The third kappa shape index (κ3) is 3.85. The number of aliphatic imine (C=N–C) groups is 1. The highest BCUT2D eigenvalue weighted by Gasteiger charge is 1.96. The summed E-state index contributed by atoms with van der Waals surface area (Å²) in [7, 11) is 0. The predicted molar refractivity (Wildman–Crippen MR) is 38.9 cm³/mol. The first-order valence-corrected chi connectivity index (χ1v) is 3.04. The van der Waals surface area contributed by atoms with Crippen LogP contribution in [0.25, 0.3) is 0 Å². The second-order valence-electron chi connectivity index (χ2n) is 1.79. The number of carbonyl (C=O) groups is 1. The molecule has 0 aliphatic carbocycles. The Labute approximate surface area is 59.5 Å². The number of nitrogens with two attached hydrogens (primary N) is 2. The predicted octanol–water partition coefficient (Wildman–Crippen LogP) is -0.909. The molecule has 0 heterocycles. The summed E-state index contributed by atoms with van der Waals surface area (Å²) in [6, 6.07) is 0. The molecule has 0 spiro atoms. The monoisotopic (exact) mass is 144 g/mol. The van der Waals surface area contributed by atoms with E-state index in [1.807, 2.05) is 6.92 Å². The molecule has 0 aromatic carbocycles. The summed E-state index contributed by atoms with van der Waals surface area (Å²) in [5, 5.41) is 0. The first kappa shape index (κ1) is 8.90. The normalized spacial score (nSPS) is 11.2. The van der Waals surface area contributed by atoms with Crippen LogP contribution in [-0.4, -0.2) is 11.9 Å². The van der Waals surface area contributed by atoms with Crippen LogP contribution >= 0.6 is 0 Å². The van der Waals surface area contributed by atoms with E-state index >= 15 is 0 Å². The molecule has 0 aromatic rings. The highest BCUT2D eigenvalue weighted by molar-refractivity contribution is 5.91. The van der Waals surface area contributed by atoms with Crippen molar-refractivity contribution in [2.24, 2.45) is 16.6 Å². The van der Waals surface area contributed by atoms with Crippen molar-refractivity contribution in [3.8, 4) is 0 Å². The van der Waals surface area contributed by atoms with Gasteiger partial charge >= 0.3 is 0 Å². The number of guanidine groups is 1. The molecule has 0 rings (SSSR count). The highest BCUT2D eigenvalue weighted by Crippen LogP contribution is 1.88. The van der Waals surface area contributed by atoms with E-state index in [4.69, 9.17) is 11.6 Å². The van der Waals surface area contributed by atoms with Crippen LogP contribution in [0.5, 0.6) is 0 Å². The molecular formula is C5H12N4O. The van der Waals surface area contributed by atoms with Crippen molar-refractivity contribution < 1.29 is 4.79 Å². The minimum atomic E-state index is -0.252. The number of hydrogen-bond acceptors (Lipinski definition) is 2. The molecule has 58 valence electrons. The third-order valence-electron chi connectivity index (χ3n) is 0.857. The topological polar surface area (TPSA) is 93.5 Å². The summed E-state index contributed by atoms with van der Waals surface area (Å²) >= 11 is 0. The molecule has 5 heteroatoms. The second kappa shape index (κ2) is 4.75. The Morgan fingerprint density at radius 2 is 2.30 bits per heavy atom. The van der Waals surface area contributed by atoms with Crippen molar-refractivity contribution in [3.63, 3.8) is 0 Å². The number of nitrogens with zero attached hydrogens (tertiary/aromatic N) is 1. The fourth-order valence-electron chi connectivity index (χ4n) is 0.436. The van der Waals surface area contributed by atoms with Gasteiger partial charge in [0, 0.05) is 6.42 Å². The van der Waals surface area contributed by atoms with Gasteiger partial charge in [0.1, 0.15) is 0 Å². The van der Waals surface area contributed by atoms with E-state index in [1.165, 1.54) is 0 Å². The summed E-state index contributed by atoms with van der Waals surface area (Å²) < 4.78 is 0. The van der Waals surface area contributed by atoms with Crippen molar-refractivity contribution in [3.05, 3.63) is 0 Å². The van der Waals surface area contributed by atoms with Crippen LogP contribution in [0, 0.1) is 0 Å². The quantitative estimate of drug-likeness (QED) is 0.202. The van der Waals surface area contributed by atoms with E-state index in [9.17, 15) is 4.79 Å². The Bertz CT molecular complexity index is 143. The lowest BCUT2D eigenvalue weighted by molar-refractivity contribution is -0.117. The Balaban J connectivity index is 3.75. The summed E-state index contributed by atoms with van der Waals surface area (Å²) in [6.45, 7) is 1.89. The Morgan fingerprint density at radius 1 is 1.70 bits per heavy atom. The number of amides is 1. The zero-order valence-corrected chi connectivity index (χ0v) is 5.92. The molecule has 0 saturated heterocycles. The van der Waals surface area contributed by atoms with E-state index in [1.54, 1.807) is 0 Å². The van der Waals surface area contributed by atoms with Crippen molar-refractivity contribution >= 4 is 11.9 Å². The molecule has 0 aromatic heterocycles. The molecule has 0 fully saturated rings. The molecule has 0 bridgehead atoms. The molecule has 0 aliphatic rings. The van der Waals surface area contributed by atoms with Crippen molar-refractivity contribution in [2.45, 2.75) is 19.8 Å². The standard InChI is InChI=1S/C5H12N4O/c1-2-3-4(10)8-5(6)9-7/h2-3,7H2,1H3,(H3,6,8,9,10).